The van der Waals surface area contributed by atoms with Gasteiger partial charge in [-0.1, -0.05) is 84.1 Å². The van der Waals surface area contributed by atoms with Gasteiger partial charge in [-0.2, -0.15) is 0 Å². The van der Waals surface area contributed by atoms with Crippen molar-refractivity contribution in [1.82, 2.24) is 0 Å². The number of unbranched alkanes of at least 4 members (excludes halogenated alkanes) is 10. The van der Waals surface area contributed by atoms with Gasteiger partial charge >= 0.3 is 0 Å². The minimum atomic E-state index is 0. The Kier molecular flexibility index (Phi) is 16.2. The zero-order chi connectivity index (χ0) is 15.9. The Labute approximate surface area is 155 Å². The van der Waals surface area contributed by atoms with E-state index in [1.165, 1.54) is 83.5 Å². The molecule has 1 unspecified atom stereocenters. The molecule has 0 amide bonds. The van der Waals surface area contributed by atoms with Crippen LogP contribution in [-0.4, -0.2) is 0 Å². The molecule has 0 aliphatic rings. The largest absolute Gasteiger partial charge is 1.00 e. The molecule has 1 rings (SSSR count). The molecule has 1 aromatic rings. The van der Waals surface area contributed by atoms with Crippen molar-refractivity contribution >= 4 is 0 Å². The highest BCUT2D eigenvalue weighted by atomic mass is 79.9. The first-order valence-corrected chi connectivity index (χ1v) is 9.84. The summed E-state index contributed by atoms with van der Waals surface area (Å²) in [4.78, 5) is 0. The van der Waals surface area contributed by atoms with Crippen molar-refractivity contribution in [3.63, 3.8) is 0 Å². The van der Waals surface area contributed by atoms with Crippen LogP contribution in [0.15, 0.2) is 30.6 Å². The lowest BCUT2D eigenvalue weighted by molar-refractivity contribution is -0.724. The summed E-state index contributed by atoms with van der Waals surface area (Å²) in [6.45, 7) is 4.60. The van der Waals surface area contributed by atoms with Crippen molar-refractivity contribution in [2.75, 3.05) is 0 Å². The van der Waals surface area contributed by atoms with Gasteiger partial charge in [0.1, 0.15) is 0 Å². The molecule has 0 bridgehead atoms. The summed E-state index contributed by atoms with van der Waals surface area (Å²) in [7, 11) is 0. The predicted molar refractivity (Wildman–Crippen MR) is 97.0 cm³/mol. The van der Waals surface area contributed by atoms with Gasteiger partial charge in [0.15, 0.2) is 18.4 Å². The summed E-state index contributed by atoms with van der Waals surface area (Å²) in [5.41, 5.74) is 0. The molecular formula is C21H38BrN. The molecule has 0 saturated carbocycles. The van der Waals surface area contributed by atoms with Crippen molar-refractivity contribution in [2.24, 2.45) is 0 Å². The molecule has 0 spiro atoms. The van der Waals surface area contributed by atoms with E-state index >= 15 is 0 Å². The first-order valence-electron chi connectivity index (χ1n) is 9.84. The normalized spacial score (nSPS) is 11.9. The second kappa shape index (κ2) is 16.5. The molecular weight excluding hydrogens is 346 g/mol. The molecule has 0 radical (unpaired) electrons. The van der Waals surface area contributed by atoms with Crippen LogP contribution in [0.25, 0.3) is 0 Å². The summed E-state index contributed by atoms with van der Waals surface area (Å²) < 4.78 is 2.39. The summed E-state index contributed by atoms with van der Waals surface area (Å²) in [5, 5.41) is 0. The zero-order valence-electron chi connectivity index (χ0n) is 15.5. The molecule has 2 heteroatoms. The predicted octanol–water partition coefficient (Wildman–Crippen LogP) is 3.63. The molecule has 0 aromatic carbocycles. The summed E-state index contributed by atoms with van der Waals surface area (Å²) in [6.07, 6.45) is 22.8. The van der Waals surface area contributed by atoms with Crippen LogP contribution in [0.1, 0.15) is 103 Å². The first-order chi connectivity index (χ1) is 10.9. The van der Waals surface area contributed by atoms with E-state index < -0.39 is 0 Å². The number of aromatic nitrogens is 1. The van der Waals surface area contributed by atoms with Gasteiger partial charge in [-0.3, -0.25) is 0 Å². The van der Waals surface area contributed by atoms with Gasteiger partial charge < -0.3 is 17.0 Å². The number of nitrogens with zero attached hydrogens (tertiary/aromatic N) is 1. The van der Waals surface area contributed by atoms with Crippen LogP contribution < -0.4 is 21.5 Å². The monoisotopic (exact) mass is 383 g/mol. The minimum absolute atomic E-state index is 0. The van der Waals surface area contributed by atoms with Gasteiger partial charge in [0.05, 0.1) is 0 Å². The topological polar surface area (TPSA) is 3.88 Å². The third kappa shape index (κ3) is 11.8. The zero-order valence-corrected chi connectivity index (χ0v) is 17.1. The van der Waals surface area contributed by atoms with Crippen molar-refractivity contribution in [1.29, 1.82) is 0 Å². The van der Waals surface area contributed by atoms with Gasteiger partial charge in [0.2, 0.25) is 0 Å². The van der Waals surface area contributed by atoms with Gasteiger partial charge in [0.25, 0.3) is 0 Å². The molecule has 0 saturated heterocycles. The molecule has 0 aliphatic carbocycles. The van der Waals surface area contributed by atoms with Gasteiger partial charge in [-0.15, -0.1) is 0 Å². The Hall–Kier alpha value is -0.370. The average Bonchev–Trinajstić information content (AvgIpc) is 2.57. The molecule has 0 aliphatic heterocycles. The highest BCUT2D eigenvalue weighted by Crippen LogP contribution is 2.16. The minimum Gasteiger partial charge on any atom is -1.00 e. The standard InChI is InChI=1S/C21H38N.BrH/c1-3-5-6-7-8-9-10-11-12-13-15-18-21(4-2)22-19-16-14-17-20-22;/h14,16-17,19-21H,3-13,15,18H2,1-2H3;1H/q+1;/p-1. The van der Waals surface area contributed by atoms with Crippen molar-refractivity contribution in [3.05, 3.63) is 30.6 Å². The molecule has 0 fully saturated rings. The molecule has 1 aromatic heterocycles. The quantitative estimate of drug-likeness (QED) is 0.341. The SMILES string of the molecule is CCCCCCCCCCCCCC(CC)[n+]1ccccc1.[Br-]. The number of hydrogen-bond acceptors (Lipinski definition) is 0. The van der Waals surface area contributed by atoms with E-state index in [9.17, 15) is 0 Å². The fourth-order valence-corrected chi connectivity index (χ4v) is 3.26. The highest BCUT2D eigenvalue weighted by Gasteiger charge is 2.14. The van der Waals surface area contributed by atoms with Crippen LogP contribution in [0.3, 0.4) is 0 Å². The average molecular weight is 384 g/mol. The lowest BCUT2D eigenvalue weighted by Crippen LogP contribution is -3.00. The third-order valence-electron chi connectivity index (χ3n) is 4.77. The lowest BCUT2D eigenvalue weighted by Gasteiger charge is -2.10. The van der Waals surface area contributed by atoms with Crippen LogP contribution in [-0.2, 0) is 0 Å². The van der Waals surface area contributed by atoms with Gasteiger partial charge in [-0.05, 0) is 6.42 Å². The maximum absolute atomic E-state index is 2.39. The van der Waals surface area contributed by atoms with E-state index in [1.54, 1.807) is 0 Å². The number of hydrogen-bond donors (Lipinski definition) is 0. The summed E-state index contributed by atoms with van der Waals surface area (Å²) in [6, 6.07) is 7.08. The van der Waals surface area contributed by atoms with E-state index in [0.717, 1.165) is 0 Å². The fraction of sp³-hybridized carbons (Fsp3) is 0.762. The Morgan fingerprint density at radius 3 is 1.61 bits per heavy atom. The molecule has 1 atom stereocenters. The van der Waals surface area contributed by atoms with E-state index in [2.05, 4.69) is 49.0 Å². The second-order valence-electron chi connectivity index (χ2n) is 6.71. The molecule has 134 valence electrons. The summed E-state index contributed by atoms with van der Waals surface area (Å²) >= 11 is 0. The number of pyridine rings is 1. The maximum Gasteiger partial charge on any atom is 0.169 e. The molecule has 0 N–H and O–H groups in total. The first kappa shape index (κ1) is 22.6. The van der Waals surface area contributed by atoms with Crippen molar-refractivity contribution < 1.29 is 21.5 Å². The van der Waals surface area contributed by atoms with E-state index in [-0.39, 0.29) is 17.0 Å². The molecule has 1 nitrogen and oxygen atoms in total. The Balaban J connectivity index is 0.00000484. The molecule has 23 heavy (non-hydrogen) atoms. The van der Waals surface area contributed by atoms with Gasteiger partial charge in [-0.25, -0.2) is 4.57 Å². The number of rotatable bonds is 14. The Bertz CT molecular complexity index is 339. The fourth-order valence-electron chi connectivity index (χ4n) is 3.26. The van der Waals surface area contributed by atoms with Gasteiger partial charge in [0, 0.05) is 25.0 Å². The Morgan fingerprint density at radius 2 is 1.13 bits per heavy atom. The van der Waals surface area contributed by atoms with Crippen LogP contribution in [0.5, 0.6) is 0 Å². The number of halogens is 1. The van der Waals surface area contributed by atoms with Crippen LogP contribution in [0.4, 0.5) is 0 Å². The van der Waals surface area contributed by atoms with Crippen molar-refractivity contribution in [2.45, 2.75) is 103 Å². The smallest absolute Gasteiger partial charge is 0.169 e. The van der Waals surface area contributed by atoms with E-state index in [1.807, 2.05) is 0 Å². The van der Waals surface area contributed by atoms with E-state index in [0.29, 0.717) is 6.04 Å². The highest BCUT2D eigenvalue weighted by molar-refractivity contribution is 4.84. The Morgan fingerprint density at radius 1 is 0.652 bits per heavy atom. The lowest BCUT2D eigenvalue weighted by atomic mass is 10.0. The van der Waals surface area contributed by atoms with Crippen LogP contribution in [0.2, 0.25) is 0 Å². The van der Waals surface area contributed by atoms with Crippen LogP contribution in [0, 0.1) is 0 Å². The van der Waals surface area contributed by atoms with E-state index in [4.69, 9.17) is 0 Å². The third-order valence-corrected chi connectivity index (χ3v) is 4.77. The van der Waals surface area contributed by atoms with Crippen LogP contribution >= 0.6 is 0 Å². The van der Waals surface area contributed by atoms with Crippen molar-refractivity contribution in [3.8, 4) is 0 Å². The molecule has 1 heterocycles. The maximum atomic E-state index is 2.39. The second-order valence-corrected chi connectivity index (χ2v) is 6.71. The summed E-state index contributed by atoms with van der Waals surface area (Å²) in [5.74, 6) is 0.